The molecule has 1 unspecified atom stereocenters. The number of amides is 1. The van der Waals surface area contributed by atoms with Crippen LogP contribution < -0.4 is 4.74 Å². The van der Waals surface area contributed by atoms with Crippen LogP contribution in [0.5, 0.6) is 5.75 Å². The quantitative estimate of drug-likeness (QED) is 0.817. The molecule has 24 heavy (non-hydrogen) atoms. The van der Waals surface area contributed by atoms with Crippen LogP contribution >= 0.6 is 0 Å². The second kappa shape index (κ2) is 7.08. The minimum absolute atomic E-state index is 0.146. The SMILES string of the molecule is CCOc1ccc(C2CCCN2C(=O)c2cccc(C)c2C)cc1. The molecule has 1 aliphatic rings. The Balaban J connectivity index is 1.84. The molecule has 1 atom stereocenters. The number of likely N-dealkylation sites (tertiary alicyclic amines) is 1. The second-order valence-electron chi connectivity index (χ2n) is 6.41. The van der Waals surface area contributed by atoms with Gasteiger partial charge in [-0.15, -0.1) is 0 Å². The van der Waals surface area contributed by atoms with Gasteiger partial charge in [0.1, 0.15) is 5.75 Å². The number of aryl methyl sites for hydroxylation is 1. The zero-order chi connectivity index (χ0) is 17.1. The van der Waals surface area contributed by atoms with E-state index in [1.807, 2.05) is 43.0 Å². The summed E-state index contributed by atoms with van der Waals surface area (Å²) in [5.41, 5.74) is 4.26. The predicted molar refractivity (Wildman–Crippen MR) is 96.5 cm³/mol. The Morgan fingerprint density at radius 2 is 1.92 bits per heavy atom. The van der Waals surface area contributed by atoms with E-state index in [0.29, 0.717) is 6.61 Å². The fourth-order valence-electron chi connectivity index (χ4n) is 3.45. The third-order valence-corrected chi connectivity index (χ3v) is 4.92. The number of carbonyl (C=O) groups excluding carboxylic acids is 1. The fraction of sp³-hybridized carbons (Fsp3) is 0.381. The minimum Gasteiger partial charge on any atom is -0.494 e. The Labute approximate surface area is 144 Å². The highest BCUT2D eigenvalue weighted by molar-refractivity contribution is 5.96. The van der Waals surface area contributed by atoms with Crippen LogP contribution in [0.3, 0.4) is 0 Å². The topological polar surface area (TPSA) is 29.5 Å². The average molecular weight is 323 g/mol. The van der Waals surface area contributed by atoms with Crippen molar-refractivity contribution in [2.75, 3.05) is 13.2 Å². The molecule has 3 rings (SSSR count). The summed E-state index contributed by atoms with van der Waals surface area (Å²) in [6, 6.07) is 14.3. The third-order valence-electron chi connectivity index (χ3n) is 4.92. The number of ether oxygens (including phenoxy) is 1. The monoisotopic (exact) mass is 323 g/mol. The van der Waals surface area contributed by atoms with Crippen molar-refractivity contribution in [1.82, 2.24) is 4.90 Å². The Kier molecular flexibility index (Phi) is 4.89. The first-order valence-electron chi connectivity index (χ1n) is 8.71. The third kappa shape index (κ3) is 3.16. The smallest absolute Gasteiger partial charge is 0.254 e. The van der Waals surface area contributed by atoms with Crippen LogP contribution in [0, 0.1) is 13.8 Å². The molecule has 3 nitrogen and oxygen atoms in total. The number of hydrogen-bond acceptors (Lipinski definition) is 2. The Morgan fingerprint density at radius 1 is 1.17 bits per heavy atom. The second-order valence-corrected chi connectivity index (χ2v) is 6.41. The van der Waals surface area contributed by atoms with Crippen LogP contribution in [0.1, 0.15) is 52.9 Å². The van der Waals surface area contributed by atoms with Crippen LogP contribution in [0.25, 0.3) is 0 Å². The molecule has 1 heterocycles. The fourth-order valence-corrected chi connectivity index (χ4v) is 3.45. The van der Waals surface area contributed by atoms with Crippen molar-refractivity contribution < 1.29 is 9.53 Å². The van der Waals surface area contributed by atoms with Gasteiger partial charge in [-0.25, -0.2) is 0 Å². The largest absolute Gasteiger partial charge is 0.494 e. The lowest BCUT2D eigenvalue weighted by Gasteiger charge is -2.26. The molecule has 126 valence electrons. The highest BCUT2D eigenvalue weighted by Gasteiger charge is 2.31. The highest BCUT2D eigenvalue weighted by atomic mass is 16.5. The molecular weight excluding hydrogens is 298 g/mol. The van der Waals surface area contributed by atoms with Gasteiger partial charge in [0.2, 0.25) is 0 Å². The first-order chi connectivity index (χ1) is 11.6. The molecule has 0 bridgehead atoms. The first kappa shape index (κ1) is 16.6. The summed E-state index contributed by atoms with van der Waals surface area (Å²) >= 11 is 0. The maximum Gasteiger partial charge on any atom is 0.254 e. The van der Waals surface area contributed by atoms with Gasteiger partial charge in [-0.1, -0.05) is 24.3 Å². The van der Waals surface area contributed by atoms with E-state index in [4.69, 9.17) is 4.74 Å². The highest BCUT2D eigenvalue weighted by Crippen LogP contribution is 2.34. The molecule has 1 aliphatic heterocycles. The molecule has 0 radical (unpaired) electrons. The summed E-state index contributed by atoms with van der Waals surface area (Å²) in [5.74, 6) is 1.03. The van der Waals surface area contributed by atoms with Gasteiger partial charge >= 0.3 is 0 Å². The van der Waals surface area contributed by atoms with E-state index in [1.54, 1.807) is 0 Å². The standard InChI is InChI=1S/C21H25NO2/c1-4-24-18-12-10-17(11-13-18)20-9-6-14-22(20)21(23)19-8-5-7-15(2)16(19)3/h5,7-8,10-13,20H,4,6,9,14H2,1-3H3. The Morgan fingerprint density at radius 3 is 2.62 bits per heavy atom. The van der Waals surface area contributed by atoms with Crippen LogP contribution in [0.4, 0.5) is 0 Å². The van der Waals surface area contributed by atoms with E-state index >= 15 is 0 Å². The molecule has 2 aromatic rings. The summed E-state index contributed by atoms with van der Waals surface area (Å²) in [5, 5.41) is 0. The van der Waals surface area contributed by atoms with Crippen LogP contribution in [-0.4, -0.2) is 24.0 Å². The van der Waals surface area contributed by atoms with Crippen molar-refractivity contribution in [3.05, 3.63) is 64.7 Å². The number of rotatable bonds is 4. The molecule has 0 spiro atoms. The summed E-state index contributed by atoms with van der Waals surface area (Å²) < 4.78 is 5.52. The van der Waals surface area contributed by atoms with Crippen LogP contribution in [0.15, 0.2) is 42.5 Å². The Hall–Kier alpha value is -2.29. The summed E-state index contributed by atoms with van der Waals surface area (Å²) in [4.78, 5) is 15.1. The van der Waals surface area contributed by atoms with Gasteiger partial charge < -0.3 is 9.64 Å². The Bertz CT molecular complexity index is 721. The van der Waals surface area contributed by atoms with Crippen molar-refractivity contribution in [1.29, 1.82) is 0 Å². The summed E-state index contributed by atoms with van der Waals surface area (Å²) in [6.07, 6.45) is 2.07. The molecule has 0 aliphatic carbocycles. The molecule has 3 heteroatoms. The van der Waals surface area contributed by atoms with E-state index in [9.17, 15) is 4.79 Å². The molecule has 2 aromatic carbocycles. The van der Waals surface area contributed by atoms with Gasteiger partial charge in [-0.2, -0.15) is 0 Å². The van der Waals surface area contributed by atoms with E-state index in [0.717, 1.165) is 41.8 Å². The van der Waals surface area contributed by atoms with Gasteiger partial charge in [-0.05, 0) is 68.5 Å². The number of benzene rings is 2. The summed E-state index contributed by atoms with van der Waals surface area (Å²) in [7, 11) is 0. The van der Waals surface area contributed by atoms with E-state index < -0.39 is 0 Å². The van der Waals surface area contributed by atoms with Crippen LogP contribution in [-0.2, 0) is 0 Å². The molecule has 0 N–H and O–H groups in total. The van der Waals surface area contributed by atoms with E-state index in [1.165, 1.54) is 5.56 Å². The summed E-state index contributed by atoms with van der Waals surface area (Å²) in [6.45, 7) is 7.56. The maximum atomic E-state index is 13.1. The van der Waals surface area contributed by atoms with Gasteiger partial charge in [0.05, 0.1) is 12.6 Å². The van der Waals surface area contributed by atoms with Crippen molar-refractivity contribution in [2.24, 2.45) is 0 Å². The lowest BCUT2D eigenvalue weighted by molar-refractivity contribution is 0.0735. The average Bonchev–Trinajstić information content (AvgIpc) is 3.07. The minimum atomic E-state index is 0.146. The van der Waals surface area contributed by atoms with Crippen molar-refractivity contribution in [3.8, 4) is 5.75 Å². The molecular formula is C21H25NO2. The van der Waals surface area contributed by atoms with Gasteiger partial charge in [0, 0.05) is 12.1 Å². The van der Waals surface area contributed by atoms with E-state index in [2.05, 4.69) is 25.1 Å². The number of nitrogens with zero attached hydrogens (tertiary/aromatic N) is 1. The van der Waals surface area contributed by atoms with Crippen LogP contribution in [0.2, 0.25) is 0 Å². The normalized spacial score (nSPS) is 17.1. The lowest BCUT2D eigenvalue weighted by Crippen LogP contribution is -2.31. The first-order valence-corrected chi connectivity index (χ1v) is 8.71. The molecule has 1 saturated heterocycles. The maximum absolute atomic E-state index is 13.1. The number of carbonyl (C=O) groups is 1. The van der Waals surface area contributed by atoms with Gasteiger partial charge in [0.15, 0.2) is 0 Å². The van der Waals surface area contributed by atoms with Gasteiger partial charge in [-0.3, -0.25) is 4.79 Å². The number of hydrogen-bond donors (Lipinski definition) is 0. The lowest BCUT2D eigenvalue weighted by atomic mass is 10.0. The molecule has 0 saturated carbocycles. The van der Waals surface area contributed by atoms with Gasteiger partial charge in [0.25, 0.3) is 5.91 Å². The van der Waals surface area contributed by atoms with E-state index in [-0.39, 0.29) is 11.9 Å². The molecule has 0 aromatic heterocycles. The van der Waals surface area contributed by atoms with Crippen molar-refractivity contribution >= 4 is 5.91 Å². The van der Waals surface area contributed by atoms with Crippen molar-refractivity contribution in [3.63, 3.8) is 0 Å². The predicted octanol–water partition coefficient (Wildman–Crippen LogP) is 4.68. The zero-order valence-electron chi connectivity index (χ0n) is 14.7. The molecule has 1 amide bonds. The zero-order valence-corrected chi connectivity index (χ0v) is 14.7. The molecule has 1 fully saturated rings. The van der Waals surface area contributed by atoms with Crippen molar-refractivity contribution in [2.45, 2.75) is 39.7 Å².